The third-order valence-corrected chi connectivity index (χ3v) is 5.42. The van der Waals surface area contributed by atoms with E-state index in [0.29, 0.717) is 0 Å². The molecule has 0 amide bonds. The van der Waals surface area contributed by atoms with E-state index in [4.69, 9.17) is 4.98 Å². The molecule has 0 unspecified atom stereocenters. The van der Waals surface area contributed by atoms with Crippen LogP contribution >= 0.6 is 0 Å². The maximum atomic E-state index is 5.09. The summed E-state index contributed by atoms with van der Waals surface area (Å²) in [5, 5.41) is 0. The second kappa shape index (κ2) is 7.82. The molecule has 0 aliphatic rings. The lowest BCUT2D eigenvalue weighted by Gasteiger charge is -2.15. The van der Waals surface area contributed by atoms with Crippen molar-refractivity contribution in [2.45, 2.75) is 27.2 Å². The maximum absolute atomic E-state index is 5.09. The molecular formula is C27H25N. The summed E-state index contributed by atoms with van der Waals surface area (Å²) in [6, 6.07) is 30.2. The molecule has 0 saturated heterocycles. The van der Waals surface area contributed by atoms with Crippen LogP contribution in [-0.4, -0.2) is 4.98 Å². The lowest BCUT2D eigenvalue weighted by Crippen LogP contribution is -2.00. The maximum Gasteiger partial charge on any atom is 0.0783 e. The van der Waals surface area contributed by atoms with Gasteiger partial charge in [0.15, 0.2) is 0 Å². The molecule has 0 saturated carbocycles. The summed E-state index contributed by atoms with van der Waals surface area (Å²) in [4.78, 5) is 5.09. The number of nitrogens with zero attached hydrogens (tertiary/aromatic N) is 1. The van der Waals surface area contributed by atoms with Crippen molar-refractivity contribution in [3.63, 3.8) is 0 Å². The molecule has 0 aliphatic carbocycles. The molecule has 3 aromatic carbocycles. The van der Waals surface area contributed by atoms with Crippen LogP contribution in [-0.2, 0) is 6.42 Å². The van der Waals surface area contributed by atoms with Gasteiger partial charge in [-0.3, -0.25) is 4.98 Å². The summed E-state index contributed by atoms with van der Waals surface area (Å²) < 4.78 is 0. The Bertz CT molecular complexity index is 1100. The van der Waals surface area contributed by atoms with Crippen LogP contribution < -0.4 is 0 Å². The van der Waals surface area contributed by atoms with Crippen molar-refractivity contribution in [1.29, 1.82) is 0 Å². The lowest BCUT2D eigenvalue weighted by atomic mass is 9.93. The fraction of sp³-hybridized carbons (Fsp3) is 0.148. The lowest BCUT2D eigenvalue weighted by molar-refractivity contribution is 1.08. The summed E-state index contributed by atoms with van der Waals surface area (Å²) in [5.74, 6) is 0. The van der Waals surface area contributed by atoms with Crippen molar-refractivity contribution in [2.75, 3.05) is 0 Å². The average molecular weight is 364 g/mol. The number of aromatic nitrogens is 1. The van der Waals surface area contributed by atoms with E-state index in [2.05, 4.69) is 106 Å². The molecule has 1 aromatic heterocycles. The van der Waals surface area contributed by atoms with Crippen LogP contribution in [0.2, 0.25) is 0 Å². The summed E-state index contributed by atoms with van der Waals surface area (Å²) in [6.07, 6.45) is 0.896. The average Bonchev–Trinajstić information content (AvgIpc) is 2.73. The molecule has 1 heteroatoms. The minimum absolute atomic E-state index is 0.896. The molecule has 138 valence electrons. The van der Waals surface area contributed by atoms with Crippen molar-refractivity contribution in [2.24, 2.45) is 0 Å². The highest BCUT2D eigenvalue weighted by Crippen LogP contribution is 2.33. The van der Waals surface area contributed by atoms with Gasteiger partial charge in [-0.15, -0.1) is 0 Å². The molecule has 1 heterocycles. The summed E-state index contributed by atoms with van der Waals surface area (Å²) >= 11 is 0. The van der Waals surface area contributed by atoms with Crippen molar-refractivity contribution in [3.8, 4) is 22.4 Å². The first-order chi connectivity index (χ1) is 13.6. The monoisotopic (exact) mass is 363 g/mol. The highest BCUT2D eigenvalue weighted by molar-refractivity contribution is 5.82. The molecule has 4 rings (SSSR count). The Kier molecular flexibility index (Phi) is 5.08. The van der Waals surface area contributed by atoms with E-state index >= 15 is 0 Å². The zero-order chi connectivity index (χ0) is 19.5. The Morgan fingerprint density at radius 1 is 0.643 bits per heavy atom. The number of benzene rings is 3. The van der Waals surface area contributed by atoms with Gasteiger partial charge >= 0.3 is 0 Å². The minimum Gasteiger partial charge on any atom is -0.252 e. The Balaban J connectivity index is 1.88. The highest BCUT2D eigenvalue weighted by atomic mass is 14.7. The minimum atomic E-state index is 0.896. The molecule has 1 nitrogen and oxygen atoms in total. The van der Waals surface area contributed by atoms with Gasteiger partial charge in [-0.2, -0.15) is 0 Å². The SMILES string of the molecule is Cc1ccc(-c2nc(C)c(Cc3ccccc3)cc2-c2ccccc2)cc1C. The normalized spacial score (nSPS) is 10.8. The molecule has 0 spiro atoms. The van der Waals surface area contributed by atoms with Crippen LogP contribution in [0.25, 0.3) is 22.4 Å². The van der Waals surface area contributed by atoms with Gasteiger partial charge in [-0.1, -0.05) is 72.8 Å². The Hall–Kier alpha value is -3.19. The van der Waals surface area contributed by atoms with Gasteiger partial charge < -0.3 is 0 Å². The second-order valence-electron chi connectivity index (χ2n) is 7.46. The van der Waals surface area contributed by atoms with Crippen molar-refractivity contribution < 1.29 is 0 Å². The molecule has 0 N–H and O–H groups in total. The number of hydrogen-bond donors (Lipinski definition) is 0. The van der Waals surface area contributed by atoms with E-state index in [1.54, 1.807) is 0 Å². The van der Waals surface area contributed by atoms with Gasteiger partial charge in [0.2, 0.25) is 0 Å². The van der Waals surface area contributed by atoms with E-state index in [1.165, 1.54) is 38.9 Å². The smallest absolute Gasteiger partial charge is 0.0783 e. The van der Waals surface area contributed by atoms with Gasteiger partial charge in [0.1, 0.15) is 0 Å². The van der Waals surface area contributed by atoms with Crippen molar-refractivity contribution >= 4 is 0 Å². The standard InChI is InChI=1S/C27H25N/c1-19-14-15-24(16-20(19)2)27-26(23-12-8-5-9-13-23)18-25(21(3)28-27)17-22-10-6-4-7-11-22/h4-16,18H,17H2,1-3H3. The molecular weight excluding hydrogens is 338 g/mol. The Labute approximate surface area is 167 Å². The van der Waals surface area contributed by atoms with Crippen molar-refractivity contribution in [3.05, 3.63) is 113 Å². The number of rotatable bonds is 4. The molecule has 0 radical (unpaired) electrons. The van der Waals surface area contributed by atoms with Gasteiger partial charge in [-0.05, 0) is 67.1 Å². The molecule has 0 atom stereocenters. The van der Waals surface area contributed by atoms with Crippen LogP contribution in [0.1, 0.15) is 27.9 Å². The van der Waals surface area contributed by atoms with Gasteiger partial charge in [0.25, 0.3) is 0 Å². The van der Waals surface area contributed by atoms with Crippen LogP contribution in [0, 0.1) is 20.8 Å². The summed E-state index contributed by atoms with van der Waals surface area (Å²) in [6.45, 7) is 6.44. The van der Waals surface area contributed by atoms with Gasteiger partial charge in [0.05, 0.1) is 5.69 Å². The topological polar surface area (TPSA) is 12.9 Å². The first kappa shape index (κ1) is 18.2. The largest absolute Gasteiger partial charge is 0.252 e. The van der Waals surface area contributed by atoms with E-state index in [9.17, 15) is 0 Å². The third-order valence-electron chi connectivity index (χ3n) is 5.42. The first-order valence-electron chi connectivity index (χ1n) is 9.79. The number of pyridine rings is 1. The first-order valence-corrected chi connectivity index (χ1v) is 9.79. The quantitative estimate of drug-likeness (QED) is 0.383. The fourth-order valence-corrected chi connectivity index (χ4v) is 3.59. The third kappa shape index (κ3) is 3.75. The van der Waals surface area contributed by atoms with Crippen LogP contribution in [0.4, 0.5) is 0 Å². The Morgan fingerprint density at radius 2 is 1.32 bits per heavy atom. The Morgan fingerprint density at radius 3 is 2.00 bits per heavy atom. The summed E-state index contributed by atoms with van der Waals surface area (Å²) in [7, 11) is 0. The zero-order valence-corrected chi connectivity index (χ0v) is 16.7. The van der Waals surface area contributed by atoms with E-state index in [-0.39, 0.29) is 0 Å². The van der Waals surface area contributed by atoms with Crippen LogP contribution in [0.15, 0.2) is 84.9 Å². The zero-order valence-electron chi connectivity index (χ0n) is 16.7. The number of hydrogen-bond acceptors (Lipinski definition) is 1. The van der Waals surface area contributed by atoms with E-state index < -0.39 is 0 Å². The molecule has 4 aromatic rings. The molecule has 0 bridgehead atoms. The predicted octanol–water partition coefficient (Wildman–Crippen LogP) is 6.93. The van der Waals surface area contributed by atoms with Gasteiger partial charge in [-0.25, -0.2) is 0 Å². The van der Waals surface area contributed by atoms with E-state index in [0.717, 1.165) is 17.8 Å². The number of aryl methyl sites for hydroxylation is 3. The fourth-order valence-electron chi connectivity index (χ4n) is 3.59. The van der Waals surface area contributed by atoms with Crippen molar-refractivity contribution in [1.82, 2.24) is 4.98 Å². The van der Waals surface area contributed by atoms with Gasteiger partial charge in [0, 0.05) is 16.8 Å². The van der Waals surface area contributed by atoms with Crippen LogP contribution in [0.5, 0.6) is 0 Å². The molecule has 0 fully saturated rings. The second-order valence-corrected chi connectivity index (χ2v) is 7.46. The molecule has 0 aliphatic heterocycles. The predicted molar refractivity (Wildman–Crippen MR) is 119 cm³/mol. The van der Waals surface area contributed by atoms with Crippen LogP contribution in [0.3, 0.4) is 0 Å². The highest BCUT2D eigenvalue weighted by Gasteiger charge is 2.14. The molecule has 28 heavy (non-hydrogen) atoms. The van der Waals surface area contributed by atoms with E-state index in [1.807, 2.05) is 0 Å². The summed E-state index contributed by atoms with van der Waals surface area (Å²) in [5.41, 5.74) is 10.9.